The molecule has 0 aliphatic carbocycles. The van der Waals surface area contributed by atoms with Crippen LogP contribution in [0.5, 0.6) is 5.75 Å². The Bertz CT molecular complexity index is 514. The van der Waals surface area contributed by atoms with Gasteiger partial charge in [-0.1, -0.05) is 0 Å². The number of nitro groups is 1. The molecule has 3 N–H and O–H groups in total. The van der Waals surface area contributed by atoms with Gasteiger partial charge < -0.3 is 15.8 Å². The van der Waals surface area contributed by atoms with E-state index in [1.165, 1.54) is 18.2 Å². The highest BCUT2D eigenvalue weighted by Crippen LogP contribution is 2.28. The molecule has 0 fully saturated rings. The van der Waals surface area contributed by atoms with Crippen molar-refractivity contribution in [3.8, 4) is 5.75 Å². The SMILES string of the molecule is CCOc1ccc(C(=O)NC(C)(C)CN)cc1[N+](=O)[O-]. The third kappa shape index (κ3) is 3.92. The van der Waals surface area contributed by atoms with Crippen LogP contribution >= 0.6 is 0 Å². The second kappa shape index (κ2) is 6.33. The van der Waals surface area contributed by atoms with E-state index < -0.39 is 16.4 Å². The van der Waals surface area contributed by atoms with Crippen LogP contribution in [0.15, 0.2) is 18.2 Å². The fourth-order valence-electron chi connectivity index (χ4n) is 1.51. The lowest BCUT2D eigenvalue weighted by atomic mass is 10.0. The number of hydrogen-bond donors (Lipinski definition) is 2. The Labute approximate surface area is 117 Å². The molecule has 0 spiro atoms. The van der Waals surface area contributed by atoms with E-state index in [0.717, 1.165) is 0 Å². The minimum Gasteiger partial charge on any atom is -0.487 e. The fourth-order valence-corrected chi connectivity index (χ4v) is 1.51. The molecule has 1 aromatic carbocycles. The Balaban J connectivity index is 3.06. The first-order valence-corrected chi connectivity index (χ1v) is 6.24. The quantitative estimate of drug-likeness (QED) is 0.606. The third-order valence-corrected chi connectivity index (χ3v) is 2.68. The van der Waals surface area contributed by atoms with Crippen LogP contribution in [-0.2, 0) is 0 Å². The monoisotopic (exact) mass is 281 g/mol. The number of carbonyl (C=O) groups excluding carboxylic acids is 1. The minimum atomic E-state index is -0.579. The number of ether oxygens (including phenoxy) is 1. The van der Waals surface area contributed by atoms with Gasteiger partial charge >= 0.3 is 5.69 Å². The van der Waals surface area contributed by atoms with Crippen molar-refractivity contribution in [3.05, 3.63) is 33.9 Å². The maximum Gasteiger partial charge on any atom is 0.311 e. The summed E-state index contributed by atoms with van der Waals surface area (Å²) in [7, 11) is 0. The topological polar surface area (TPSA) is 107 Å². The molecule has 0 aromatic heterocycles. The van der Waals surface area contributed by atoms with Gasteiger partial charge in [0.05, 0.1) is 11.5 Å². The number of nitrogens with one attached hydrogen (secondary N) is 1. The molecular weight excluding hydrogens is 262 g/mol. The first-order chi connectivity index (χ1) is 9.30. The maximum absolute atomic E-state index is 12.0. The van der Waals surface area contributed by atoms with Gasteiger partial charge in [-0.2, -0.15) is 0 Å². The molecule has 110 valence electrons. The van der Waals surface area contributed by atoms with E-state index in [1.807, 2.05) is 0 Å². The van der Waals surface area contributed by atoms with E-state index >= 15 is 0 Å². The normalized spacial score (nSPS) is 11.0. The summed E-state index contributed by atoms with van der Waals surface area (Å²) in [5.41, 5.74) is 4.92. The molecule has 0 heterocycles. The maximum atomic E-state index is 12.0. The van der Waals surface area contributed by atoms with Gasteiger partial charge in [-0.25, -0.2) is 0 Å². The van der Waals surface area contributed by atoms with Crippen LogP contribution in [0.25, 0.3) is 0 Å². The number of amides is 1. The van der Waals surface area contributed by atoms with Gasteiger partial charge in [0.25, 0.3) is 5.91 Å². The van der Waals surface area contributed by atoms with Crippen LogP contribution in [-0.4, -0.2) is 29.5 Å². The Morgan fingerprint density at radius 1 is 1.50 bits per heavy atom. The van der Waals surface area contributed by atoms with E-state index in [0.29, 0.717) is 6.61 Å². The summed E-state index contributed by atoms with van der Waals surface area (Å²) in [6.07, 6.45) is 0. The summed E-state index contributed by atoms with van der Waals surface area (Å²) in [5.74, 6) is -0.265. The zero-order valence-corrected chi connectivity index (χ0v) is 11.8. The van der Waals surface area contributed by atoms with E-state index in [2.05, 4.69) is 5.32 Å². The van der Waals surface area contributed by atoms with Crippen LogP contribution < -0.4 is 15.8 Å². The van der Waals surface area contributed by atoms with Gasteiger partial charge in [0.15, 0.2) is 5.75 Å². The van der Waals surface area contributed by atoms with Gasteiger partial charge in [-0.05, 0) is 32.9 Å². The van der Waals surface area contributed by atoms with Crippen molar-refractivity contribution in [3.63, 3.8) is 0 Å². The molecule has 0 aliphatic rings. The molecule has 7 heteroatoms. The van der Waals surface area contributed by atoms with Crippen molar-refractivity contribution in [1.82, 2.24) is 5.32 Å². The second-order valence-electron chi connectivity index (χ2n) is 4.91. The lowest BCUT2D eigenvalue weighted by molar-refractivity contribution is -0.385. The van der Waals surface area contributed by atoms with Crippen molar-refractivity contribution in [2.24, 2.45) is 5.73 Å². The molecule has 20 heavy (non-hydrogen) atoms. The molecule has 0 aliphatic heterocycles. The smallest absolute Gasteiger partial charge is 0.311 e. The number of nitro benzene ring substituents is 1. The highest BCUT2D eigenvalue weighted by Gasteiger charge is 2.22. The summed E-state index contributed by atoms with van der Waals surface area (Å²) >= 11 is 0. The minimum absolute atomic E-state index is 0.145. The van der Waals surface area contributed by atoms with Gasteiger partial charge in [-0.3, -0.25) is 14.9 Å². The average Bonchev–Trinajstić information content (AvgIpc) is 2.38. The molecule has 0 saturated heterocycles. The lowest BCUT2D eigenvalue weighted by Gasteiger charge is -2.24. The predicted octanol–water partition coefficient (Wildman–Crippen LogP) is 1.46. The summed E-state index contributed by atoms with van der Waals surface area (Å²) in [6, 6.07) is 4.11. The molecule has 0 saturated carbocycles. The number of hydrogen-bond acceptors (Lipinski definition) is 5. The first-order valence-electron chi connectivity index (χ1n) is 6.24. The number of benzene rings is 1. The zero-order chi connectivity index (χ0) is 15.3. The predicted molar refractivity (Wildman–Crippen MR) is 74.9 cm³/mol. The van der Waals surface area contributed by atoms with Crippen molar-refractivity contribution >= 4 is 11.6 Å². The molecule has 0 bridgehead atoms. The Morgan fingerprint density at radius 2 is 2.15 bits per heavy atom. The molecule has 0 unspecified atom stereocenters. The largest absolute Gasteiger partial charge is 0.487 e. The summed E-state index contributed by atoms with van der Waals surface area (Å²) in [6.45, 7) is 5.85. The fraction of sp³-hybridized carbons (Fsp3) is 0.462. The standard InChI is InChI=1S/C13H19N3O4/c1-4-20-11-6-5-9(7-10(11)16(18)19)12(17)15-13(2,3)8-14/h5-7H,4,8,14H2,1-3H3,(H,15,17). The van der Waals surface area contributed by atoms with Crippen molar-refractivity contribution in [2.45, 2.75) is 26.3 Å². The average molecular weight is 281 g/mol. The molecule has 1 rings (SSSR count). The number of carbonyl (C=O) groups is 1. The molecule has 0 atom stereocenters. The summed E-state index contributed by atoms with van der Waals surface area (Å²) < 4.78 is 5.16. The number of nitrogens with two attached hydrogens (primary N) is 1. The van der Waals surface area contributed by atoms with E-state index in [9.17, 15) is 14.9 Å². The van der Waals surface area contributed by atoms with Crippen LogP contribution in [0.1, 0.15) is 31.1 Å². The number of nitrogens with zero attached hydrogens (tertiary/aromatic N) is 1. The lowest BCUT2D eigenvalue weighted by Crippen LogP contribution is -2.48. The molecular formula is C13H19N3O4. The van der Waals surface area contributed by atoms with Gasteiger partial charge in [-0.15, -0.1) is 0 Å². The van der Waals surface area contributed by atoms with Crippen LogP contribution in [0, 0.1) is 10.1 Å². The van der Waals surface area contributed by atoms with E-state index in [4.69, 9.17) is 10.5 Å². The van der Waals surface area contributed by atoms with Crippen LogP contribution in [0.2, 0.25) is 0 Å². The first kappa shape index (κ1) is 15.9. The zero-order valence-electron chi connectivity index (χ0n) is 11.8. The van der Waals surface area contributed by atoms with Crippen molar-refractivity contribution in [1.29, 1.82) is 0 Å². The highest BCUT2D eigenvalue weighted by atomic mass is 16.6. The summed E-state index contributed by atoms with van der Waals surface area (Å²) in [4.78, 5) is 22.4. The van der Waals surface area contributed by atoms with Gasteiger partial charge in [0, 0.05) is 23.7 Å². The molecule has 1 aromatic rings. The Morgan fingerprint density at radius 3 is 2.65 bits per heavy atom. The van der Waals surface area contributed by atoms with Crippen LogP contribution in [0.3, 0.4) is 0 Å². The Kier molecular flexibility index (Phi) is 5.04. The van der Waals surface area contributed by atoms with Crippen molar-refractivity contribution in [2.75, 3.05) is 13.2 Å². The number of rotatable bonds is 6. The molecule has 7 nitrogen and oxygen atoms in total. The Hall–Kier alpha value is -2.15. The summed E-state index contributed by atoms with van der Waals surface area (Å²) in [5, 5.41) is 13.7. The van der Waals surface area contributed by atoms with E-state index in [1.54, 1.807) is 20.8 Å². The van der Waals surface area contributed by atoms with E-state index in [-0.39, 0.29) is 23.5 Å². The second-order valence-corrected chi connectivity index (χ2v) is 4.91. The van der Waals surface area contributed by atoms with Crippen molar-refractivity contribution < 1.29 is 14.5 Å². The third-order valence-electron chi connectivity index (χ3n) is 2.68. The highest BCUT2D eigenvalue weighted by molar-refractivity contribution is 5.95. The molecule has 1 amide bonds. The van der Waals surface area contributed by atoms with Gasteiger partial charge in [0.1, 0.15) is 0 Å². The molecule has 0 radical (unpaired) electrons. The van der Waals surface area contributed by atoms with Crippen LogP contribution in [0.4, 0.5) is 5.69 Å². The van der Waals surface area contributed by atoms with Gasteiger partial charge in [0.2, 0.25) is 0 Å².